The number of aromatic amines is 1. The molecule has 3 heterocycles. The van der Waals surface area contributed by atoms with Gasteiger partial charge in [0.1, 0.15) is 0 Å². The van der Waals surface area contributed by atoms with E-state index in [1.165, 1.54) is 16.8 Å². The minimum Gasteiger partial charge on any atom is -0.334 e. The van der Waals surface area contributed by atoms with Gasteiger partial charge in [0.2, 0.25) is 0 Å². The van der Waals surface area contributed by atoms with Crippen LogP contribution in [0.4, 0.5) is 0 Å². The zero-order valence-electron chi connectivity index (χ0n) is 11.0. The Morgan fingerprint density at radius 2 is 2.32 bits per heavy atom. The first kappa shape index (κ1) is 12.5. The van der Waals surface area contributed by atoms with Gasteiger partial charge in [-0.3, -0.25) is 9.58 Å². The summed E-state index contributed by atoms with van der Waals surface area (Å²) < 4.78 is 2.54. The molecule has 5 nitrogen and oxygen atoms in total. The van der Waals surface area contributed by atoms with Crippen molar-refractivity contribution >= 4 is 12.2 Å². The lowest BCUT2D eigenvalue weighted by Crippen LogP contribution is -2.30. The normalized spacial score (nSPS) is 15.4. The molecule has 0 saturated heterocycles. The van der Waals surface area contributed by atoms with Crippen LogP contribution in [0.2, 0.25) is 0 Å². The van der Waals surface area contributed by atoms with Gasteiger partial charge in [-0.1, -0.05) is 0 Å². The lowest BCUT2D eigenvalue weighted by atomic mass is 10.1. The van der Waals surface area contributed by atoms with E-state index in [1.807, 2.05) is 17.1 Å². The smallest absolute Gasteiger partial charge is 0.196 e. The van der Waals surface area contributed by atoms with E-state index in [-0.39, 0.29) is 0 Å². The standard InChI is InChI=1S/C13H17N5S/c1-2-18-8-10(5-15-18)7-17-4-3-12-11(9-17)6-14-13(19)16-12/h5-6,8H,2-4,7,9H2,1H3,(H,14,16,19). The Balaban J connectivity index is 1.71. The molecule has 0 aromatic carbocycles. The largest absolute Gasteiger partial charge is 0.334 e. The molecule has 0 spiro atoms. The summed E-state index contributed by atoms with van der Waals surface area (Å²) in [4.78, 5) is 9.77. The first-order valence-corrected chi connectivity index (χ1v) is 6.96. The molecule has 0 saturated carbocycles. The molecule has 1 aliphatic heterocycles. The van der Waals surface area contributed by atoms with E-state index in [0.29, 0.717) is 4.77 Å². The number of nitrogens with one attached hydrogen (secondary N) is 1. The number of aromatic nitrogens is 4. The van der Waals surface area contributed by atoms with Gasteiger partial charge in [0.25, 0.3) is 0 Å². The SMILES string of the molecule is CCn1cc(CN2CCc3[nH]c(=S)ncc3C2)cn1. The van der Waals surface area contributed by atoms with Gasteiger partial charge in [-0.15, -0.1) is 0 Å². The number of hydrogen-bond acceptors (Lipinski definition) is 4. The summed E-state index contributed by atoms with van der Waals surface area (Å²) in [6, 6.07) is 0. The van der Waals surface area contributed by atoms with Gasteiger partial charge < -0.3 is 4.98 Å². The second-order valence-electron chi connectivity index (χ2n) is 4.86. The summed E-state index contributed by atoms with van der Waals surface area (Å²) in [6.07, 6.45) is 6.97. The molecule has 0 aliphatic carbocycles. The summed E-state index contributed by atoms with van der Waals surface area (Å²) in [5, 5.41) is 4.31. The molecule has 1 N–H and O–H groups in total. The van der Waals surface area contributed by atoms with E-state index in [9.17, 15) is 0 Å². The fraction of sp³-hybridized carbons (Fsp3) is 0.462. The van der Waals surface area contributed by atoms with Crippen LogP contribution >= 0.6 is 12.2 Å². The summed E-state index contributed by atoms with van der Waals surface area (Å²) in [5.74, 6) is 0. The van der Waals surface area contributed by atoms with Crippen molar-refractivity contribution in [2.75, 3.05) is 6.54 Å². The van der Waals surface area contributed by atoms with Gasteiger partial charge in [-0.05, 0) is 19.1 Å². The van der Waals surface area contributed by atoms with Crippen molar-refractivity contribution in [1.82, 2.24) is 24.6 Å². The van der Waals surface area contributed by atoms with Crippen LogP contribution < -0.4 is 0 Å². The van der Waals surface area contributed by atoms with E-state index in [4.69, 9.17) is 12.2 Å². The van der Waals surface area contributed by atoms with Gasteiger partial charge in [-0.25, -0.2) is 4.98 Å². The monoisotopic (exact) mass is 275 g/mol. The molecule has 6 heteroatoms. The topological polar surface area (TPSA) is 49.7 Å². The van der Waals surface area contributed by atoms with E-state index in [0.717, 1.165) is 32.6 Å². The number of fused-ring (bicyclic) bond motifs is 1. The van der Waals surface area contributed by atoms with Crippen molar-refractivity contribution in [3.8, 4) is 0 Å². The lowest BCUT2D eigenvalue weighted by molar-refractivity contribution is 0.242. The van der Waals surface area contributed by atoms with Crippen LogP contribution in [0.5, 0.6) is 0 Å². The molecule has 1 aliphatic rings. The van der Waals surface area contributed by atoms with Crippen LogP contribution in [0.1, 0.15) is 23.7 Å². The summed E-state index contributed by atoms with van der Waals surface area (Å²) in [7, 11) is 0. The zero-order valence-corrected chi connectivity index (χ0v) is 11.8. The second-order valence-corrected chi connectivity index (χ2v) is 5.24. The lowest BCUT2D eigenvalue weighted by Gasteiger charge is -2.27. The van der Waals surface area contributed by atoms with Crippen LogP contribution in [0, 0.1) is 4.77 Å². The second kappa shape index (κ2) is 5.22. The van der Waals surface area contributed by atoms with E-state index < -0.39 is 0 Å². The predicted molar refractivity (Wildman–Crippen MR) is 75.1 cm³/mol. The van der Waals surface area contributed by atoms with Crippen molar-refractivity contribution < 1.29 is 0 Å². The predicted octanol–water partition coefficient (Wildman–Crippen LogP) is 1.91. The van der Waals surface area contributed by atoms with Crippen molar-refractivity contribution in [3.05, 3.63) is 40.2 Å². The maximum atomic E-state index is 5.06. The fourth-order valence-corrected chi connectivity index (χ4v) is 2.64. The van der Waals surface area contributed by atoms with Gasteiger partial charge in [-0.2, -0.15) is 5.10 Å². The Hall–Kier alpha value is -1.53. The highest BCUT2D eigenvalue weighted by Gasteiger charge is 2.17. The number of rotatable bonds is 3. The van der Waals surface area contributed by atoms with Crippen LogP contribution in [0.25, 0.3) is 0 Å². The summed E-state index contributed by atoms with van der Waals surface area (Å²) >= 11 is 5.06. The molecule has 0 amide bonds. The molecule has 19 heavy (non-hydrogen) atoms. The Morgan fingerprint density at radius 1 is 1.42 bits per heavy atom. The number of aryl methyl sites for hydroxylation is 1. The highest BCUT2D eigenvalue weighted by molar-refractivity contribution is 7.71. The Bertz CT molecular complexity index is 630. The third-order valence-corrected chi connectivity index (χ3v) is 3.68. The molecule has 3 rings (SSSR count). The minimum absolute atomic E-state index is 0.580. The van der Waals surface area contributed by atoms with Crippen molar-refractivity contribution in [2.45, 2.75) is 33.0 Å². The van der Waals surface area contributed by atoms with Gasteiger partial charge in [0.15, 0.2) is 4.77 Å². The molecule has 0 radical (unpaired) electrons. The van der Waals surface area contributed by atoms with Gasteiger partial charge in [0.05, 0.1) is 6.20 Å². The highest BCUT2D eigenvalue weighted by atomic mass is 32.1. The van der Waals surface area contributed by atoms with Crippen molar-refractivity contribution in [1.29, 1.82) is 0 Å². The van der Waals surface area contributed by atoms with Crippen molar-refractivity contribution in [2.24, 2.45) is 0 Å². The first-order valence-electron chi connectivity index (χ1n) is 6.55. The van der Waals surface area contributed by atoms with Crippen LogP contribution in [-0.4, -0.2) is 31.2 Å². The van der Waals surface area contributed by atoms with Crippen LogP contribution in [0.15, 0.2) is 18.6 Å². The maximum Gasteiger partial charge on any atom is 0.196 e. The number of H-pyrrole nitrogens is 1. The number of nitrogens with zero attached hydrogens (tertiary/aromatic N) is 4. The molecule has 0 fully saturated rings. The molecule has 0 bridgehead atoms. The maximum absolute atomic E-state index is 5.06. The van der Waals surface area contributed by atoms with E-state index in [1.54, 1.807) is 0 Å². The fourth-order valence-electron chi connectivity index (χ4n) is 2.46. The summed E-state index contributed by atoms with van der Waals surface area (Å²) in [6.45, 7) is 5.92. The molecule has 2 aromatic rings. The minimum atomic E-state index is 0.580. The highest BCUT2D eigenvalue weighted by Crippen LogP contribution is 2.17. The van der Waals surface area contributed by atoms with Gasteiger partial charge >= 0.3 is 0 Å². The first-order chi connectivity index (χ1) is 9.24. The quantitative estimate of drug-likeness (QED) is 0.869. The zero-order chi connectivity index (χ0) is 13.2. The average molecular weight is 275 g/mol. The Kier molecular flexibility index (Phi) is 3.44. The van der Waals surface area contributed by atoms with E-state index >= 15 is 0 Å². The third kappa shape index (κ3) is 2.74. The van der Waals surface area contributed by atoms with Crippen LogP contribution in [0.3, 0.4) is 0 Å². The average Bonchev–Trinajstić information content (AvgIpc) is 2.86. The molecular weight excluding hydrogens is 258 g/mol. The number of hydrogen-bond donors (Lipinski definition) is 1. The molecule has 2 aromatic heterocycles. The molecule has 100 valence electrons. The molecular formula is C13H17N5S. The Morgan fingerprint density at radius 3 is 3.11 bits per heavy atom. The third-order valence-electron chi connectivity index (χ3n) is 3.47. The van der Waals surface area contributed by atoms with E-state index in [2.05, 4.69) is 33.1 Å². The van der Waals surface area contributed by atoms with Crippen LogP contribution in [-0.2, 0) is 26.1 Å². The van der Waals surface area contributed by atoms with Crippen molar-refractivity contribution in [3.63, 3.8) is 0 Å². The molecule has 0 unspecified atom stereocenters. The van der Waals surface area contributed by atoms with Gasteiger partial charge in [0, 0.05) is 61.8 Å². The summed E-state index contributed by atoms with van der Waals surface area (Å²) in [5.41, 5.74) is 3.75. The Labute approximate surface area is 117 Å². The molecule has 0 atom stereocenters.